The van der Waals surface area contributed by atoms with E-state index in [-0.39, 0.29) is 0 Å². The summed E-state index contributed by atoms with van der Waals surface area (Å²) in [5.74, 6) is 0. The molecule has 11 rings (SSSR count). The van der Waals surface area contributed by atoms with Gasteiger partial charge < -0.3 is 9.80 Å². The molecule has 0 spiro atoms. The number of aryl methyl sites for hydroxylation is 4. The normalized spacial score (nSPS) is 15.0. The van der Waals surface area contributed by atoms with Crippen LogP contribution in [0.2, 0.25) is 0 Å². The summed E-state index contributed by atoms with van der Waals surface area (Å²) in [6.45, 7) is 9.08. The Morgan fingerprint density at radius 3 is 1.39 bits per heavy atom. The van der Waals surface area contributed by atoms with Gasteiger partial charge in [0.05, 0.1) is 11.4 Å². The van der Waals surface area contributed by atoms with Gasteiger partial charge in [-0.25, -0.2) is 0 Å². The Balaban J connectivity index is 1.04. The maximum absolute atomic E-state index is 4.51. The first-order valence-corrected chi connectivity index (χ1v) is 29.6. The number of nitrogens with zero attached hydrogens (tertiary/aromatic N) is 2. The first kappa shape index (κ1) is 51.7. The van der Waals surface area contributed by atoms with Crippen molar-refractivity contribution in [3.05, 3.63) is 234 Å². The number of benzene rings is 9. The molecule has 77 heavy (non-hydrogen) atoms. The molecule has 0 bridgehead atoms. The molecule has 0 fully saturated rings. The van der Waals surface area contributed by atoms with E-state index >= 15 is 0 Å². The zero-order valence-electron chi connectivity index (χ0n) is 46.0. The summed E-state index contributed by atoms with van der Waals surface area (Å²) < 4.78 is 0. The van der Waals surface area contributed by atoms with Crippen LogP contribution in [0.4, 0.5) is 28.4 Å². The second-order valence-electron chi connectivity index (χ2n) is 22.1. The van der Waals surface area contributed by atoms with Crippen molar-refractivity contribution in [2.45, 2.75) is 136 Å². The first-order chi connectivity index (χ1) is 38.0. The molecule has 2 aliphatic carbocycles. The molecule has 0 radical (unpaired) electrons. The zero-order valence-corrected chi connectivity index (χ0v) is 46.0. The fraction of sp³-hybridized carbons (Fsp3) is 0.280. The van der Waals surface area contributed by atoms with E-state index in [1.807, 2.05) is 0 Å². The van der Waals surface area contributed by atoms with Crippen LogP contribution in [-0.2, 0) is 25.7 Å². The van der Waals surface area contributed by atoms with Crippen LogP contribution in [0.15, 0.2) is 212 Å². The summed E-state index contributed by atoms with van der Waals surface area (Å²) in [6.07, 6.45) is 30.1. The molecule has 0 amide bonds. The van der Waals surface area contributed by atoms with Crippen molar-refractivity contribution in [1.29, 1.82) is 0 Å². The van der Waals surface area contributed by atoms with Gasteiger partial charge in [-0.05, 0) is 198 Å². The minimum Gasteiger partial charge on any atom is -0.310 e. The molecule has 9 aromatic carbocycles. The predicted molar refractivity (Wildman–Crippen MR) is 335 cm³/mol. The molecule has 0 heterocycles. The lowest BCUT2D eigenvalue weighted by atomic mass is 9.90. The predicted octanol–water partition coefficient (Wildman–Crippen LogP) is 22.2. The van der Waals surface area contributed by atoms with E-state index in [2.05, 4.69) is 224 Å². The lowest BCUT2D eigenvalue weighted by Gasteiger charge is -2.31. The SMILES string of the molecule is C=C1/C=C\C(N(c2ccc(-c3ccc(CCCCCC)cc3)cc2)c2cc3c4ccccc4c(N(c4ccc(-c5ccc(CCCCCC)cc5)cc4)c4ccc5c(c4)CCCC5)cc3c3ccccc23)=C/CCCCC1. The summed E-state index contributed by atoms with van der Waals surface area (Å²) in [6, 6.07) is 67.8. The van der Waals surface area contributed by atoms with Gasteiger partial charge in [0.25, 0.3) is 0 Å². The molecule has 0 saturated carbocycles. The van der Waals surface area contributed by atoms with Crippen molar-refractivity contribution in [3.63, 3.8) is 0 Å². The van der Waals surface area contributed by atoms with E-state index < -0.39 is 0 Å². The van der Waals surface area contributed by atoms with Crippen LogP contribution in [0.25, 0.3) is 54.6 Å². The maximum Gasteiger partial charge on any atom is 0.0546 e. The minimum absolute atomic E-state index is 1.02. The molecule has 2 nitrogen and oxygen atoms in total. The van der Waals surface area contributed by atoms with Crippen molar-refractivity contribution < 1.29 is 0 Å². The Morgan fingerprint density at radius 1 is 0.377 bits per heavy atom. The number of unbranched alkanes of at least 4 members (excludes halogenated alkanes) is 6. The van der Waals surface area contributed by atoms with Crippen LogP contribution in [0.3, 0.4) is 0 Å². The van der Waals surface area contributed by atoms with Crippen molar-refractivity contribution in [3.8, 4) is 22.3 Å². The lowest BCUT2D eigenvalue weighted by molar-refractivity contribution is 0.667. The second-order valence-corrected chi connectivity index (χ2v) is 22.1. The Hall–Kier alpha value is -7.42. The van der Waals surface area contributed by atoms with E-state index in [4.69, 9.17) is 0 Å². The summed E-state index contributed by atoms with van der Waals surface area (Å²) >= 11 is 0. The Bertz CT molecular complexity index is 3520. The van der Waals surface area contributed by atoms with Crippen molar-refractivity contribution in [1.82, 2.24) is 0 Å². The number of allylic oxidation sites excluding steroid dienone is 4. The zero-order chi connectivity index (χ0) is 52.3. The van der Waals surface area contributed by atoms with Crippen LogP contribution >= 0.6 is 0 Å². The number of rotatable bonds is 18. The molecule has 0 atom stereocenters. The Kier molecular flexibility index (Phi) is 16.6. The van der Waals surface area contributed by atoms with Gasteiger partial charge >= 0.3 is 0 Å². The van der Waals surface area contributed by atoms with Gasteiger partial charge in [0.2, 0.25) is 0 Å². The summed E-state index contributed by atoms with van der Waals surface area (Å²) in [7, 11) is 0. The van der Waals surface area contributed by atoms with Gasteiger partial charge in [0, 0.05) is 33.5 Å². The monoisotopic (exact) mass is 1010 g/mol. The van der Waals surface area contributed by atoms with E-state index in [0.29, 0.717) is 0 Å². The van der Waals surface area contributed by atoms with Crippen molar-refractivity contribution in [2.24, 2.45) is 0 Å². The Morgan fingerprint density at radius 2 is 0.844 bits per heavy atom. The molecule has 0 aromatic heterocycles. The molecule has 0 saturated heterocycles. The standard InChI is InChI=1S/C75H78N2/c1-4-6-8-13-23-56-33-37-59(38-34-56)61-41-47-65(48-42-61)76(64-27-15-11-10-12-22-55(3)32-46-64)74-53-72-69-29-19-21-31-71(69)75(54-73(72)68-28-18-20-30-70(68)74)77(67-51-45-58-25-16-17-26-63(58)52-67)66-49-43-62(44-50-66)60-39-35-57(36-40-60)24-14-9-7-5-2/h18-21,27-54H,3-17,22-26H2,1-2H3/b46-32-,64-27+. The van der Waals surface area contributed by atoms with E-state index in [0.717, 1.165) is 56.3 Å². The smallest absolute Gasteiger partial charge is 0.0546 e. The number of hydrogen-bond donors (Lipinski definition) is 0. The fourth-order valence-corrected chi connectivity index (χ4v) is 12.3. The summed E-state index contributed by atoms with van der Waals surface area (Å²) in [5.41, 5.74) is 19.1. The molecule has 9 aromatic rings. The Labute approximate surface area is 460 Å². The lowest BCUT2D eigenvalue weighted by Crippen LogP contribution is -2.16. The third kappa shape index (κ3) is 11.8. The molecular formula is C75H78N2. The van der Waals surface area contributed by atoms with Gasteiger partial charge in [0.15, 0.2) is 0 Å². The number of hydrogen-bond acceptors (Lipinski definition) is 2. The van der Waals surface area contributed by atoms with Crippen LogP contribution in [0, 0.1) is 0 Å². The maximum atomic E-state index is 4.51. The van der Waals surface area contributed by atoms with Gasteiger partial charge in [0.1, 0.15) is 0 Å². The fourth-order valence-electron chi connectivity index (χ4n) is 12.3. The van der Waals surface area contributed by atoms with Gasteiger partial charge in [-0.15, -0.1) is 0 Å². The third-order valence-corrected chi connectivity index (χ3v) is 16.7. The number of fused-ring (bicyclic) bond motifs is 6. The van der Waals surface area contributed by atoms with Crippen molar-refractivity contribution in [2.75, 3.05) is 9.80 Å². The molecule has 388 valence electrons. The number of anilines is 5. The molecule has 2 heteroatoms. The highest BCUT2D eigenvalue weighted by atomic mass is 15.2. The van der Waals surface area contributed by atoms with Gasteiger partial charge in [-0.3, -0.25) is 0 Å². The van der Waals surface area contributed by atoms with E-state index in [1.54, 1.807) is 0 Å². The summed E-state index contributed by atoms with van der Waals surface area (Å²) in [5, 5.41) is 7.44. The van der Waals surface area contributed by atoms with E-state index in [1.165, 1.54) is 182 Å². The largest absolute Gasteiger partial charge is 0.310 e. The van der Waals surface area contributed by atoms with Crippen LogP contribution < -0.4 is 9.80 Å². The van der Waals surface area contributed by atoms with Crippen LogP contribution in [-0.4, -0.2) is 0 Å². The highest BCUT2D eigenvalue weighted by Gasteiger charge is 2.24. The third-order valence-electron chi connectivity index (χ3n) is 16.7. The highest BCUT2D eigenvalue weighted by Crippen LogP contribution is 2.48. The van der Waals surface area contributed by atoms with Crippen LogP contribution in [0.1, 0.15) is 132 Å². The van der Waals surface area contributed by atoms with Crippen molar-refractivity contribution >= 4 is 60.8 Å². The van der Waals surface area contributed by atoms with E-state index in [9.17, 15) is 0 Å². The topological polar surface area (TPSA) is 6.48 Å². The average molecular weight is 1010 g/mol. The molecule has 0 aliphatic heterocycles. The molecule has 2 aliphatic rings. The molecule has 0 unspecified atom stereocenters. The van der Waals surface area contributed by atoms with Gasteiger partial charge in [-0.2, -0.15) is 0 Å². The summed E-state index contributed by atoms with van der Waals surface area (Å²) in [4.78, 5) is 5.07. The highest BCUT2D eigenvalue weighted by molar-refractivity contribution is 6.24. The van der Waals surface area contributed by atoms with Crippen LogP contribution in [0.5, 0.6) is 0 Å². The quantitative estimate of drug-likeness (QED) is 0.0624. The average Bonchev–Trinajstić information content (AvgIpc) is 3.55. The molecule has 0 N–H and O–H groups in total. The second kappa shape index (κ2) is 24.7. The first-order valence-electron chi connectivity index (χ1n) is 29.6. The minimum atomic E-state index is 1.02. The molecular weight excluding hydrogens is 929 g/mol. The van der Waals surface area contributed by atoms with Gasteiger partial charge in [-0.1, -0.05) is 210 Å².